The Morgan fingerprint density at radius 2 is 1.57 bits per heavy atom. The first-order chi connectivity index (χ1) is 10.4. The van der Waals surface area contributed by atoms with E-state index < -0.39 is 0 Å². The van der Waals surface area contributed by atoms with Gasteiger partial charge in [-0.25, -0.2) is 0 Å². The molecule has 0 aliphatic heterocycles. The van der Waals surface area contributed by atoms with Gasteiger partial charge in [-0.3, -0.25) is 9.67 Å². The molecule has 0 spiro atoms. The quantitative estimate of drug-likeness (QED) is 0.533. The van der Waals surface area contributed by atoms with Crippen molar-refractivity contribution < 1.29 is 0 Å². The number of hydrogen-bond donors (Lipinski definition) is 1. The minimum Gasteiger partial charge on any atom is -0.265 e. The van der Waals surface area contributed by atoms with Crippen molar-refractivity contribution in [2.75, 3.05) is 5.75 Å². The molecule has 114 valence electrons. The molecule has 0 aromatic carbocycles. The molecule has 2 heterocycles. The van der Waals surface area contributed by atoms with Crippen molar-refractivity contribution in [3.05, 3.63) is 30.7 Å². The van der Waals surface area contributed by atoms with Crippen molar-refractivity contribution >= 4 is 12.6 Å². The fourth-order valence-electron chi connectivity index (χ4n) is 2.33. The van der Waals surface area contributed by atoms with Crippen LogP contribution in [0.1, 0.15) is 44.9 Å². The van der Waals surface area contributed by atoms with Crippen molar-refractivity contribution in [3.8, 4) is 11.3 Å². The molecule has 0 radical (unpaired) electrons. The molecule has 0 saturated heterocycles. The predicted octanol–water partition coefficient (Wildman–Crippen LogP) is 4.00. The summed E-state index contributed by atoms with van der Waals surface area (Å²) in [5, 5.41) is 8.40. The second kappa shape index (κ2) is 9.55. The Balaban J connectivity index is 1.63. The van der Waals surface area contributed by atoms with Gasteiger partial charge in [-0.15, -0.1) is 5.10 Å². The molecule has 2 aromatic heterocycles. The maximum Gasteiger partial charge on any atom is 0.113 e. The molecule has 0 N–H and O–H groups in total. The molecule has 2 aromatic rings. The first kappa shape index (κ1) is 16.0. The molecule has 0 atom stereocenters. The fourth-order valence-corrected chi connectivity index (χ4v) is 2.56. The summed E-state index contributed by atoms with van der Waals surface area (Å²) < 4.78 is 1.94. The van der Waals surface area contributed by atoms with Crippen LogP contribution in [0.4, 0.5) is 0 Å². The minimum absolute atomic E-state index is 0.921. The molecule has 0 fully saturated rings. The molecule has 4 nitrogen and oxygen atoms in total. The third-order valence-corrected chi connectivity index (χ3v) is 3.88. The van der Waals surface area contributed by atoms with E-state index >= 15 is 0 Å². The first-order valence-electron chi connectivity index (χ1n) is 7.81. The Morgan fingerprint density at radius 1 is 0.905 bits per heavy atom. The largest absolute Gasteiger partial charge is 0.265 e. The third kappa shape index (κ3) is 5.87. The number of nitrogens with zero attached hydrogens (tertiary/aromatic N) is 4. The van der Waals surface area contributed by atoms with Gasteiger partial charge >= 0.3 is 0 Å². The maximum atomic E-state index is 4.23. The van der Waals surface area contributed by atoms with Crippen LogP contribution in [0.15, 0.2) is 30.7 Å². The monoisotopic (exact) mass is 304 g/mol. The lowest BCUT2D eigenvalue weighted by Crippen LogP contribution is -1.98. The summed E-state index contributed by atoms with van der Waals surface area (Å²) in [5.41, 5.74) is 1.99. The van der Waals surface area contributed by atoms with Crippen LogP contribution in [0.25, 0.3) is 11.3 Å². The van der Waals surface area contributed by atoms with E-state index in [0.717, 1.165) is 23.6 Å². The van der Waals surface area contributed by atoms with Crippen molar-refractivity contribution in [2.45, 2.75) is 51.5 Å². The topological polar surface area (TPSA) is 43.6 Å². The lowest BCUT2D eigenvalue weighted by Gasteiger charge is -2.01. The fraction of sp³-hybridized carbons (Fsp3) is 0.562. The number of unbranched alkanes of at least 4 members (excludes halogenated alkanes) is 6. The summed E-state index contributed by atoms with van der Waals surface area (Å²) in [6.45, 7) is 0.953. The highest BCUT2D eigenvalue weighted by Gasteiger charge is 2.02. The van der Waals surface area contributed by atoms with Gasteiger partial charge in [0.05, 0.1) is 6.20 Å². The Kier molecular flexibility index (Phi) is 7.29. The maximum absolute atomic E-state index is 4.23. The Bertz CT molecular complexity index is 498. The van der Waals surface area contributed by atoms with E-state index in [4.69, 9.17) is 0 Å². The van der Waals surface area contributed by atoms with Gasteiger partial charge < -0.3 is 0 Å². The molecule has 0 saturated carbocycles. The summed E-state index contributed by atoms with van der Waals surface area (Å²) >= 11 is 4.23. The van der Waals surface area contributed by atoms with Gasteiger partial charge in [0.25, 0.3) is 0 Å². The molecule has 0 aliphatic rings. The lowest BCUT2D eigenvalue weighted by atomic mass is 10.1. The van der Waals surface area contributed by atoms with Gasteiger partial charge in [0, 0.05) is 24.5 Å². The van der Waals surface area contributed by atoms with Gasteiger partial charge in [0.2, 0.25) is 0 Å². The third-order valence-electron chi connectivity index (χ3n) is 3.56. The second-order valence-electron chi connectivity index (χ2n) is 5.30. The Hall–Kier alpha value is -1.36. The predicted molar refractivity (Wildman–Crippen MR) is 89.4 cm³/mol. The van der Waals surface area contributed by atoms with Crippen molar-refractivity contribution in [1.82, 2.24) is 20.0 Å². The smallest absolute Gasteiger partial charge is 0.113 e. The zero-order valence-corrected chi connectivity index (χ0v) is 13.4. The van der Waals surface area contributed by atoms with Gasteiger partial charge in [-0.2, -0.15) is 12.6 Å². The van der Waals surface area contributed by atoms with E-state index in [-0.39, 0.29) is 0 Å². The summed E-state index contributed by atoms with van der Waals surface area (Å²) in [7, 11) is 0. The summed E-state index contributed by atoms with van der Waals surface area (Å²) in [4.78, 5) is 4.02. The van der Waals surface area contributed by atoms with Crippen molar-refractivity contribution in [2.24, 2.45) is 0 Å². The first-order valence-corrected chi connectivity index (χ1v) is 8.45. The number of hydrogen-bond acceptors (Lipinski definition) is 4. The van der Waals surface area contributed by atoms with Crippen LogP contribution >= 0.6 is 12.6 Å². The van der Waals surface area contributed by atoms with E-state index in [1.54, 1.807) is 12.4 Å². The molecule has 21 heavy (non-hydrogen) atoms. The zero-order chi connectivity index (χ0) is 14.8. The standard InChI is InChI=1S/C16H24N4S/c21-13-7-5-3-1-2-4-6-12-20-14-16(18-19-20)15-8-10-17-11-9-15/h8-11,14,21H,1-7,12-13H2. The van der Waals surface area contributed by atoms with E-state index in [0.29, 0.717) is 0 Å². The van der Waals surface area contributed by atoms with Crippen molar-refractivity contribution in [3.63, 3.8) is 0 Å². The van der Waals surface area contributed by atoms with Gasteiger partial charge in [0.15, 0.2) is 0 Å². The average molecular weight is 304 g/mol. The van der Waals surface area contributed by atoms with Crippen LogP contribution in [-0.4, -0.2) is 25.7 Å². The summed E-state index contributed by atoms with van der Waals surface area (Å²) in [6.07, 6.45) is 14.6. The summed E-state index contributed by atoms with van der Waals surface area (Å²) in [6, 6.07) is 3.92. The number of rotatable bonds is 10. The molecular weight excluding hydrogens is 280 g/mol. The van der Waals surface area contributed by atoms with E-state index in [2.05, 4.69) is 27.9 Å². The molecular formula is C16H24N4S. The van der Waals surface area contributed by atoms with Crippen LogP contribution in [0.5, 0.6) is 0 Å². The van der Waals surface area contributed by atoms with Crippen LogP contribution in [0.3, 0.4) is 0 Å². The minimum atomic E-state index is 0.921. The number of pyridine rings is 1. The normalized spacial score (nSPS) is 10.9. The Labute approximate surface area is 132 Å². The highest BCUT2D eigenvalue weighted by molar-refractivity contribution is 7.80. The van der Waals surface area contributed by atoms with Gasteiger partial charge in [-0.05, 0) is 30.7 Å². The number of thiol groups is 1. The molecule has 0 bridgehead atoms. The second-order valence-corrected chi connectivity index (χ2v) is 5.75. The van der Waals surface area contributed by atoms with Gasteiger partial charge in [-0.1, -0.05) is 37.3 Å². The Morgan fingerprint density at radius 3 is 2.29 bits per heavy atom. The average Bonchev–Trinajstić information content (AvgIpc) is 3.00. The van der Waals surface area contributed by atoms with Crippen LogP contribution in [0.2, 0.25) is 0 Å². The number of aryl methyl sites for hydroxylation is 1. The van der Waals surface area contributed by atoms with E-state index in [9.17, 15) is 0 Å². The van der Waals surface area contributed by atoms with E-state index in [1.807, 2.05) is 23.0 Å². The molecule has 5 heteroatoms. The molecule has 0 unspecified atom stereocenters. The molecule has 2 rings (SSSR count). The SMILES string of the molecule is SCCCCCCCCCn1cc(-c2ccncc2)nn1. The highest BCUT2D eigenvalue weighted by atomic mass is 32.1. The summed E-state index contributed by atoms with van der Waals surface area (Å²) in [5.74, 6) is 1.02. The van der Waals surface area contributed by atoms with Crippen molar-refractivity contribution in [1.29, 1.82) is 0 Å². The van der Waals surface area contributed by atoms with Crippen LogP contribution in [0, 0.1) is 0 Å². The molecule has 0 amide bonds. The van der Waals surface area contributed by atoms with E-state index in [1.165, 1.54) is 44.9 Å². The van der Waals surface area contributed by atoms with Crippen LogP contribution < -0.4 is 0 Å². The molecule has 0 aliphatic carbocycles. The lowest BCUT2D eigenvalue weighted by molar-refractivity contribution is 0.513. The highest BCUT2D eigenvalue weighted by Crippen LogP contribution is 2.14. The van der Waals surface area contributed by atoms with Crippen LogP contribution in [-0.2, 0) is 6.54 Å². The van der Waals surface area contributed by atoms with Gasteiger partial charge in [0.1, 0.15) is 5.69 Å². The number of aromatic nitrogens is 4. The zero-order valence-electron chi connectivity index (χ0n) is 12.5.